The molecule has 6 heteroatoms. The number of carbonyl (C=O) groups is 2. The Morgan fingerprint density at radius 2 is 1.75 bits per heavy atom. The lowest BCUT2D eigenvalue weighted by Crippen LogP contribution is -2.42. The second-order valence-electron chi connectivity index (χ2n) is 6.78. The largest absolute Gasteiger partial charge is 0.497 e. The highest BCUT2D eigenvalue weighted by molar-refractivity contribution is 6.30. The topological polar surface area (TPSA) is 59.1 Å². The molecule has 28 heavy (non-hydrogen) atoms. The average molecular weight is 378 g/mol. The molecule has 0 aliphatic carbocycles. The van der Waals surface area contributed by atoms with E-state index in [1.165, 1.54) is 4.90 Å². The fraction of sp³-hybridized carbons (Fsp3) is 0.273. The van der Waals surface area contributed by atoms with Crippen LogP contribution in [0.2, 0.25) is 0 Å². The number of morpholine rings is 1. The van der Waals surface area contributed by atoms with Gasteiger partial charge in [0, 0.05) is 24.9 Å². The predicted molar refractivity (Wildman–Crippen MR) is 105 cm³/mol. The quantitative estimate of drug-likeness (QED) is 0.605. The maximum absolute atomic E-state index is 13.3. The second-order valence-corrected chi connectivity index (χ2v) is 6.78. The molecule has 0 saturated carbocycles. The minimum atomic E-state index is -0.304. The molecule has 1 saturated heterocycles. The lowest BCUT2D eigenvalue weighted by atomic mass is 9.93. The molecule has 0 unspecified atom stereocenters. The van der Waals surface area contributed by atoms with Crippen LogP contribution in [0.4, 0.5) is 0 Å². The number of benzene rings is 2. The van der Waals surface area contributed by atoms with E-state index in [0.29, 0.717) is 35.7 Å². The van der Waals surface area contributed by atoms with Crippen molar-refractivity contribution in [2.24, 2.45) is 0 Å². The van der Waals surface area contributed by atoms with Crippen molar-refractivity contribution < 1.29 is 19.1 Å². The summed E-state index contributed by atoms with van der Waals surface area (Å²) in [5.74, 6) is 0.00623. The maximum atomic E-state index is 13.3. The Morgan fingerprint density at radius 3 is 2.46 bits per heavy atom. The molecule has 6 nitrogen and oxygen atoms in total. The van der Waals surface area contributed by atoms with Gasteiger partial charge in [0.25, 0.3) is 11.8 Å². The van der Waals surface area contributed by atoms with Gasteiger partial charge in [0.15, 0.2) is 0 Å². The first kappa shape index (κ1) is 18.3. The zero-order valence-corrected chi connectivity index (χ0v) is 15.8. The molecule has 144 valence electrons. The Bertz CT molecular complexity index is 917. The molecule has 0 aromatic heterocycles. The summed E-state index contributed by atoms with van der Waals surface area (Å²) in [6.07, 6.45) is 1.86. The Labute approximate surface area is 164 Å². The standard InChI is InChI=1S/C22H22N2O4/c1-27-17-7-8-18-19(13-17)21(25)24(14-16-5-3-2-4-6-16)22(26)20(18)15-23-9-11-28-12-10-23/h2-8,13,15H,9-12,14H2,1H3/b20-15+. The molecule has 2 amide bonds. The van der Waals surface area contributed by atoms with Crippen LogP contribution in [0, 0.1) is 0 Å². The minimum Gasteiger partial charge on any atom is -0.497 e. The Kier molecular flexibility index (Phi) is 5.12. The highest BCUT2D eigenvalue weighted by Crippen LogP contribution is 2.32. The van der Waals surface area contributed by atoms with Gasteiger partial charge in [0.05, 0.1) is 38.0 Å². The van der Waals surface area contributed by atoms with Crippen LogP contribution < -0.4 is 4.74 Å². The Hall–Kier alpha value is -3.12. The van der Waals surface area contributed by atoms with E-state index in [1.807, 2.05) is 36.5 Å². The van der Waals surface area contributed by atoms with Gasteiger partial charge in [-0.15, -0.1) is 0 Å². The van der Waals surface area contributed by atoms with E-state index in [-0.39, 0.29) is 18.4 Å². The number of amides is 2. The summed E-state index contributed by atoms with van der Waals surface area (Å²) in [5.41, 5.74) is 2.55. The SMILES string of the molecule is COc1ccc2c(c1)C(=O)N(Cc1ccccc1)C(=O)/C2=C/N1CCOCC1. The van der Waals surface area contributed by atoms with Gasteiger partial charge < -0.3 is 14.4 Å². The first-order valence-corrected chi connectivity index (χ1v) is 9.29. The van der Waals surface area contributed by atoms with Crippen LogP contribution in [0.5, 0.6) is 5.75 Å². The molecule has 2 aliphatic heterocycles. The summed E-state index contributed by atoms with van der Waals surface area (Å²) in [6.45, 7) is 2.92. The van der Waals surface area contributed by atoms with E-state index in [1.54, 1.807) is 25.3 Å². The van der Waals surface area contributed by atoms with Crippen LogP contribution in [-0.2, 0) is 16.1 Å². The summed E-state index contributed by atoms with van der Waals surface area (Å²) in [6, 6.07) is 14.8. The zero-order valence-electron chi connectivity index (χ0n) is 15.8. The molecule has 1 fully saturated rings. The molecular formula is C22H22N2O4. The number of ether oxygens (including phenoxy) is 2. The lowest BCUT2D eigenvalue weighted by Gasteiger charge is -2.31. The van der Waals surface area contributed by atoms with Gasteiger partial charge in [-0.2, -0.15) is 0 Å². The van der Waals surface area contributed by atoms with Crippen LogP contribution in [0.3, 0.4) is 0 Å². The fourth-order valence-electron chi connectivity index (χ4n) is 3.48. The second kappa shape index (κ2) is 7.86. The van der Waals surface area contributed by atoms with Gasteiger partial charge in [-0.3, -0.25) is 14.5 Å². The smallest absolute Gasteiger partial charge is 0.263 e. The third kappa shape index (κ3) is 3.51. The molecule has 0 radical (unpaired) electrons. The van der Waals surface area contributed by atoms with Crippen molar-refractivity contribution in [3.63, 3.8) is 0 Å². The summed E-state index contributed by atoms with van der Waals surface area (Å²) in [7, 11) is 1.56. The van der Waals surface area contributed by atoms with Gasteiger partial charge in [0.2, 0.25) is 0 Å². The molecule has 2 heterocycles. The number of nitrogens with zero attached hydrogens (tertiary/aromatic N) is 2. The highest BCUT2D eigenvalue weighted by Gasteiger charge is 2.35. The van der Waals surface area contributed by atoms with Gasteiger partial charge in [-0.1, -0.05) is 30.3 Å². The van der Waals surface area contributed by atoms with Crippen LogP contribution in [0.15, 0.2) is 54.7 Å². The highest BCUT2D eigenvalue weighted by atomic mass is 16.5. The third-order valence-electron chi connectivity index (χ3n) is 5.01. The van der Waals surface area contributed by atoms with Crippen molar-refractivity contribution in [2.75, 3.05) is 33.4 Å². The van der Waals surface area contributed by atoms with Gasteiger partial charge in [0.1, 0.15) is 5.75 Å². The molecule has 2 aromatic carbocycles. The molecule has 0 spiro atoms. The van der Waals surface area contributed by atoms with E-state index in [2.05, 4.69) is 4.90 Å². The van der Waals surface area contributed by atoms with Crippen molar-refractivity contribution in [1.29, 1.82) is 0 Å². The van der Waals surface area contributed by atoms with Crippen molar-refractivity contribution in [2.45, 2.75) is 6.54 Å². The normalized spacial score (nSPS) is 18.4. The molecule has 0 atom stereocenters. The third-order valence-corrected chi connectivity index (χ3v) is 5.01. The Balaban J connectivity index is 1.76. The number of hydrogen-bond donors (Lipinski definition) is 0. The predicted octanol–water partition coefficient (Wildman–Crippen LogP) is 2.55. The summed E-state index contributed by atoms with van der Waals surface area (Å²) >= 11 is 0. The maximum Gasteiger partial charge on any atom is 0.263 e. The lowest BCUT2D eigenvalue weighted by molar-refractivity contribution is -0.123. The molecule has 2 aliphatic rings. The van der Waals surface area contributed by atoms with E-state index >= 15 is 0 Å². The van der Waals surface area contributed by atoms with Crippen LogP contribution in [0.25, 0.3) is 5.57 Å². The molecular weight excluding hydrogens is 356 g/mol. The zero-order chi connectivity index (χ0) is 19.5. The van der Waals surface area contributed by atoms with Gasteiger partial charge in [-0.05, 0) is 23.8 Å². The number of hydrogen-bond acceptors (Lipinski definition) is 5. The first-order chi connectivity index (χ1) is 13.7. The van der Waals surface area contributed by atoms with Crippen molar-refractivity contribution in [3.8, 4) is 5.75 Å². The minimum absolute atomic E-state index is 0.232. The van der Waals surface area contributed by atoms with E-state index in [9.17, 15) is 9.59 Å². The summed E-state index contributed by atoms with van der Waals surface area (Å²) in [4.78, 5) is 29.8. The monoisotopic (exact) mass is 378 g/mol. The van der Waals surface area contributed by atoms with Crippen molar-refractivity contribution in [3.05, 3.63) is 71.4 Å². The summed E-state index contributed by atoms with van der Waals surface area (Å²) < 4.78 is 10.7. The molecule has 0 N–H and O–H groups in total. The van der Waals surface area contributed by atoms with Crippen molar-refractivity contribution in [1.82, 2.24) is 9.80 Å². The van der Waals surface area contributed by atoms with E-state index in [0.717, 1.165) is 18.7 Å². The molecule has 0 bridgehead atoms. The van der Waals surface area contributed by atoms with E-state index < -0.39 is 0 Å². The number of fused-ring (bicyclic) bond motifs is 1. The molecule has 2 aromatic rings. The number of carbonyl (C=O) groups excluding carboxylic acids is 2. The van der Waals surface area contributed by atoms with Crippen LogP contribution in [-0.4, -0.2) is 55.0 Å². The van der Waals surface area contributed by atoms with Gasteiger partial charge in [-0.25, -0.2) is 0 Å². The van der Waals surface area contributed by atoms with Crippen LogP contribution >= 0.6 is 0 Å². The van der Waals surface area contributed by atoms with Crippen molar-refractivity contribution >= 4 is 17.4 Å². The average Bonchev–Trinajstić information content (AvgIpc) is 2.75. The number of rotatable bonds is 4. The van der Waals surface area contributed by atoms with E-state index in [4.69, 9.17) is 9.47 Å². The number of methoxy groups -OCH3 is 1. The van der Waals surface area contributed by atoms with Gasteiger partial charge >= 0.3 is 0 Å². The van der Waals surface area contributed by atoms with Crippen LogP contribution in [0.1, 0.15) is 21.5 Å². The molecule has 4 rings (SSSR count). The Morgan fingerprint density at radius 1 is 1.00 bits per heavy atom. The first-order valence-electron chi connectivity index (χ1n) is 9.29. The number of imide groups is 1. The fourth-order valence-corrected chi connectivity index (χ4v) is 3.48. The summed E-state index contributed by atoms with van der Waals surface area (Å²) in [5, 5.41) is 0.